The van der Waals surface area contributed by atoms with Gasteiger partial charge >= 0.3 is 6.09 Å². The van der Waals surface area contributed by atoms with Gasteiger partial charge in [0.1, 0.15) is 12.2 Å². The molecule has 3 aliphatic rings. The van der Waals surface area contributed by atoms with Gasteiger partial charge in [0.2, 0.25) is 0 Å². The predicted octanol–water partition coefficient (Wildman–Crippen LogP) is 3.27. The van der Waals surface area contributed by atoms with Gasteiger partial charge in [-0.3, -0.25) is 4.98 Å². The van der Waals surface area contributed by atoms with Gasteiger partial charge in [-0.15, -0.1) is 0 Å². The molecule has 0 atom stereocenters. The molecular weight excluding hydrogens is 394 g/mol. The summed E-state index contributed by atoms with van der Waals surface area (Å²) >= 11 is 0. The van der Waals surface area contributed by atoms with Gasteiger partial charge in [-0.1, -0.05) is 6.07 Å². The molecule has 2 N–H and O–H groups in total. The number of pyridine rings is 2. The number of hydrogen-bond donors (Lipinski definition) is 2. The maximum atomic E-state index is 12.2. The van der Waals surface area contributed by atoms with Gasteiger partial charge in [-0.25, -0.2) is 19.3 Å². The van der Waals surface area contributed by atoms with E-state index in [1.165, 1.54) is 6.33 Å². The van der Waals surface area contributed by atoms with Crippen molar-refractivity contribution in [3.63, 3.8) is 0 Å². The molecule has 2 bridgehead atoms. The summed E-state index contributed by atoms with van der Waals surface area (Å²) in [6.07, 6.45) is 6.20. The molecule has 3 saturated carbocycles. The Morgan fingerprint density at radius 3 is 2.90 bits per heavy atom. The summed E-state index contributed by atoms with van der Waals surface area (Å²) in [4.78, 5) is 29.1. The topological polar surface area (TPSA) is 110 Å². The number of aryl methyl sites for hydroxylation is 1. The number of carbonyl (C=O) groups excluding carboxylic acids is 1. The van der Waals surface area contributed by atoms with Crippen molar-refractivity contribution in [1.82, 2.24) is 34.9 Å². The summed E-state index contributed by atoms with van der Waals surface area (Å²) in [5, 5.41) is 7.22. The van der Waals surface area contributed by atoms with E-state index in [0.717, 1.165) is 53.5 Å². The van der Waals surface area contributed by atoms with Crippen LogP contribution in [0.3, 0.4) is 0 Å². The third-order valence-corrected chi connectivity index (χ3v) is 6.19. The van der Waals surface area contributed by atoms with Gasteiger partial charge in [-0.2, -0.15) is 5.10 Å². The summed E-state index contributed by atoms with van der Waals surface area (Å²) in [5.41, 5.74) is 4.75. The maximum Gasteiger partial charge on any atom is 0.408 e. The molecule has 7 rings (SSSR count). The number of H-pyrrole nitrogens is 1. The number of hydrogen-bond acceptors (Lipinski definition) is 6. The monoisotopic (exact) mass is 415 g/mol. The first kappa shape index (κ1) is 18.1. The van der Waals surface area contributed by atoms with Gasteiger partial charge in [0.05, 0.1) is 17.1 Å². The smallest absolute Gasteiger partial charge is 0.408 e. The minimum Gasteiger partial charge on any atom is -0.441 e. The molecule has 0 saturated heterocycles. The van der Waals surface area contributed by atoms with Gasteiger partial charge < -0.3 is 15.0 Å². The molecule has 0 radical (unpaired) electrons. The number of rotatable bonds is 5. The molecule has 31 heavy (non-hydrogen) atoms. The average molecular weight is 415 g/mol. The number of aromatic amines is 1. The molecule has 3 fully saturated rings. The molecule has 1 amide bonds. The van der Waals surface area contributed by atoms with E-state index >= 15 is 0 Å². The molecule has 0 unspecified atom stereocenters. The number of imidazole rings is 1. The zero-order valence-corrected chi connectivity index (χ0v) is 17.0. The van der Waals surface area contributed by atoms with E-state index in [4.69, 9.17) is 9.72 Å². The third-order valence-electron chi connectivity index (χ3n) is 6.19. The van der Waals surface area contributed by atoms with Crippen molar-refractivity contribution < 1.29 is 9.53 Å². The number of nitrogens with zero attached hydrogens (tertiary/aromatic N) is 5. The summed E-state index contributed by atoms with van der Waals surface area (Å²) in [6.45, 7) is 2.00. The highest BCUT2D eigenvalue weighted by Gasteiger charge is 2.57. The number of aromatic nitrogens is 6. The third kappa shape index (κ3) is 3.13. The van der Waals surface area contributed by atoms with E-state index in [-0.39, 0.29) is 12.1 Å². The van der Waals surface area contributed by atoms with Crippen LogP contribution in [-0.4, -0.2) is 41.2 Å². The Morgan fingerprint density at radius 2 is 2.13 bits per heavy atom. The molecule has 0 spiro atoms. The number of nitrogens with one attached hydrogen (secondary N) is 2. The van der Waals surface area contributed by atoms with Crippen LogP contribution < -0.4 is 5.32 Å². The fourth-order valence-electron chi connectivity index (χ4n) is 4.54. The van der Waals surface area contributed by atoms with Crippen molar-refractivity contribution in [2.45, 2.75) is 38.3 Å². The molecule has 9 heteroatoms. The van der Waals surface area contributed by atoms with E-state index in [2.05, 4.69) is 25.4 Å². The Hall–Kier alpha value is -3.75. The molecule has 0 aromatic carbocycles. The molecule has 9 nitrogen and oxygen atoms in total. The highest BCUT2D eigenvalue weighted by molar-refractivity contribution is 5.77. The van der Waals surface area contributed by atoms with Crippen LogP contribution in [0, 0.1) is 12.8 Å². The Balaban J connectivity index is 1.30. The second kappa shape index (κ2) is 6.63. The highest BCUT2D eigenvalue weighted by Crippen LogP contribution is 2.56. The van der Waals surface area contributed by atoms with Crippen LogP contribution >= 0.6 is 0 Å². The lowest BCUT2D eigenvalue weighted by atomic mass is 9.50. The van der Waals surface area contributed by atoms with Gasteiger partial charge in [0.25, 0.3) is 0 Å². The molecule has 0 aliphatic heterocycles. The number of fused-ring (bicyclic) bond motifs is 1. The molecule has 4 heterocycles. The highest BCUT2D eigenvalue weighted by atomic mass is 16.5. The number of amides is 1. The maximum absolute atomic E-state index is 12.2. The summed E-state index contributed by atoms with van der Waals surface area (Å²) in [6, 6.07) is 9.66. The van der Waals surface area contributed by atoms with Crippen molar-refractivity contribution in [1.29, 1.82) is 0 Å². The van der Waals surface area contributed by atoms with Gasteiger partial charge in [0.15, 0.2) is 12.3 Å². The summed E-state index contributed by atoms with van der Waals surface area (Å²) < 4.78 is 7.15. The lowest BCUT2D eigenvalue weighted by Gasteiger charge is -2.61. The first-order valence-electron chi connectivity index (χ1n) is 10.3. The largest absolute Gasteiger partial charge is 0.441 e. The normalized spacial score (nSPS) is 21.4. The Morgan fingerprint density at radius 1 is 1.26 bits per heavy atom. The Bertz CT molecular complexity index is 1290. The Kier molecular flexibility index (Phi) is 3.86. The van der Waals surface area contributed by atoms with E-state index in [1.807, 2.05) is 43.5 Å². The van der Waals surface area contributed by atoms with Crippen molar-refractivity contribution in [2.75, 3.05) is 0 Å². The van der Waals surface area contributed by atoms with Crippen LogP contribution in [-0.2, 0) is 11.3 Å². The average Bonchev–Trinajstić information content (AvgIpc) is 3.34. The van der Waals surface area contributed by atoms with E-state index in [0.29, 0.717) is 11.5 Å². The fraction of sp³-hybridized carbons (Fsp3) is 0.318. The van der Waals surface area contributed by atoms with Crippen molar-refractivity contribution >= 4 is 11.7 Å². The fourth-order valence-corrected chi connectivity index (χ4v) is 4.54. The number of alkyl carbamates (subject to hydrolysis) is 1. The van der Waals surface area contributed by atoms with Crippen molar-refractivity contribution in [3.05, 3.63) is 54.4 Å². The molecular formula is C22H21N7O2. The van der Waals surface area contributed by atoms with Crippen LogP contribution in [0.5, 0.6) is 0 Å². The minimum atomic E-state index is -0.393. The van der Waals surface area contributed by atoms with Crippen LogP contribution in [0.15, 0.2) is 42.9 Å². The van der Waals surface area contributed by atoms with Crippen LogP contribution in [0.1, 0.15) is 30.8 Å². The van der Waals surface area contributed by atoms with Crippen molar-refractivity contribution in [3.8, 4) is 22.6 Å². The number of ether oxygens (including phenoxy) is 1. The minimum absolute atomic E-state index is 0.0140. The molecule has 4 aromatic rings. The van der Waals surface area contributed by atoms with Crippen LogP contribution in [0.2, 0.25) is 0 Å². The van der Waals surface area contributed by atoms with E-state index in [9.17, 15) is 4.79 Å². The SMILES string of the molecule is Cc1cccc(-c2[nH]c(COC(=O)NC34CC(C3)C4)nc2-c2ccc3ncnn3c2)n1. The van der Waals surface area contributed by atoms with Gasteiger partial charge in [0, 0.05) is 23.0 Å². The first-order valence-corrected chi connectivity index (χ1v) is 10.3. The molecule has 3 aliphatic carbocycles. The summed E-state index contributed by atoms with van der Waals surface area (Å²) in [7, 11) is 0. The predicted molar refractivity (Wildman–Crippen MR) is 112 cm³/mol. The second-order valence-corrected chi connectivity index (χ2v) is 8.51. The summed E-state index contributed by atoms with van der Waals surface area (Å²) in [5.74, 6) is 1.35. The van der Waals surface area contributed by atoms with Crippen molar-refractivity contribution in [2.24, 2.45) is 5.92 Å². The lowest BCUT2D eigenvalue weighted by molar-refractivity contribution is -0.0484. The van der Waals surface area contributed by atoms with E-state index in [1.54, 1.807) is 4.52 Å². The Labute approximate surface area is 177 Å². The molecule has 156 valence electrons. The lowest BCUT2D eigenvalue weighted by Crippen LogP contribution is -2.68. The standard InChI is InChI=1S/C22H21N7O2/c1-13-3-2-4-16(25-13)20-19(15-5-6-18-23-12-24-29(18)10-15)26-17(27-20)11-31-21(30)28-22-7-14(8-22)9-22/h2-6,10,12,14H,7-9,11H2,1H3,(H,26,27)(H,28,30). The van der Waals surface area contributed by atoms with Gasteiger partial charge in [-0.05, 0) is 56.4 Å². The quantitative estimate of drug-likeness (QED) is 0.518. The van der Waals surface area contributed by atoms with E-state index < -0.39 is 6.09 Å². The van der Waals surface area contributed by atoms with Crippen LogP contribution in [0.25, 0.3) is 28.3 Å². The molecule has 4 aromatic heterocycles. The van der Waals surface area contributed by atoms with Crippen LogP contribution in [0.4, 0.5) is 4.79 Å². The first-order chi connectivity index (χ1) is 15.1. The second-order valence-electron chi connectivity index (χ2n) is 8.51. The number of carbonyl (C=O) groups is 1. The zero-order chi connectivity index (χ0) is 21.0. The zero-order valence-electron chi connectivity index (χ0n) is 17.0.